The molecule has 1 saturated heterocycles. The highest BCUT2D eigenvalue weighted by Gasteiger charge is 2.42. The molecular weight excluding hydrogens is 400 g/mol. The van der Waals surface area contributed by atoms with Gasteiger partial charge < -0.3 is 15.2 Å². The third kappa shape index (κ3) is 4.68. The number of likely N-dealkylation sites (tertiary alicyclic amines) is 1. The van der Waals surface area contributed by atoms with Crippen molar-refractivity contribution in [3.8, 4) is 5.88 Å². The number of carboxylic acids is 1. The first-order valence-electron chi connectivity index (χ1n) is 10.7. The van der Waals surface area contributed by atoms with E-state index in [9.17, 15) is 9.59 Å². The van der Waals surface area contributed by atoms with Gasteiger partial charge in [0, 0.05) is 18.8 Å². The van der Waals surface area contributed by atoms with E-state index in [0.717, 1.165) is 50.6 Å². The Morgan fingerprint density at radius 2 is 2.13 bits per heavy atom. The van der Waals surface area contributed by atoms with Crippen LogP contribution in [0.4, 0.5) is 0 Å². The van der Waals surface area contributed by atoms with Gasteiger partial charge in [0.05, 0.1) is 30.6 Å². The maximum Gasteiger partial charge on any atom is 0.325 e. The first kappa shape index (κ1) is 21.2. The quantitative estimate of drug-likeness (QED) is 0.645. The largest absolute Gasteiger partial charge is 0.481 e. The van der Waals surface area contributed by atoms with Crippen molar-refractivity contribution in [2.24, 2.45) is 0 Å². The Bertz CT molecular complexity index is 924. The van der Waals surface area contributed by atoms with E-state index in [-0.39, 0.29) is 24.0 Å². The average molecular weight is 428 g/mol. The van der Waals surface area contributed by atoms with Crippen molar-refractivity contribution in [3.05, 3.63) is 35.8 Å². The first-order valence-corrected chi connectivity index (χ1v) is 10.7. The van der Waals surface area contributed by atoms with E-state index in [1.807, 2.05) is 12.1 Å². The lowest BCUT2D eigenvalue weighted by molar-refractivity contribution is -0.138. The predicted octanol–water partition coefficient (Wildman–Crippen LogP) is 1.32. The second kappa shape index (κ2) is 9.01. The Balaban J connectivity index is 1.45. The highest BCUT2D eigenvalue weighted by molar-refractivity contribution is 5.83. The third-order valence-corrected chi connectivity index (χ3v) is 6.23. The van der Waals surface area contributed by atoms with Crippen LogP contribution in [0.15, 0.2) is 24.5 Å². The van der Waals surface area contributed by atoms with Crippen LogP contribution >= 0.6 is 0 Å². The average Bonchev–Trinajstić information content (AvgIpc) is 3.17. The number of rotatable bonds is 8. The number of piperidine rings is 1. The summed E-state index contributed by atoms with van der Waals surface area (Å²) in [7, 11) is 1.58. The van der Waals surface area contributed by atoms with Gasteiger partial charge in [0.25, 0.3) is 0 Å². The summed E-state index contributed by atoms with van der Waals surface area (Å²) in [4.78, 5) is 30.6. The predicted molar refractivity (Wildman–Crippen MR) is 110 cm³/mol. The molecule has 0 radical (unpaired) electrons. The van der Waals surface area contributed by atoms with Gasteiger partial charge in [0.1, 0.15) is 6.54 Å². The normalized spacial score (nSPS) is 20.6. The van der Waals surface area contributed by atoms with E-state index in [4.69, 9.17) is 9.84 Å². The van der Waals surface area contributed by atoms with Crippen LogP contribution in [0.2, 0.25) is 0 Å². The number of carbonyl (C=O) groups is 2. The molecule has 2 aromatic rings. The zero-order chi connectivity index (χ0) is 21.8. The molecule has 10 nitrogen and oxygen atoms in total. The fraction of sp³-hybridized carbons (Fsp3) is 0.571. The van der Waals surface area contributed by atoms with Crippen LogP contribution in [0, 0.1) is 0 Å². The fourth-order valence-electron chi connectivity index (χ4n) is 4.43. The molecule has 166 valence electrons. The van der Waals surface area contributed by atoms with Crippen molar-refractivity contribution in [1.29, 1.82) is 0 Å². The summed E-state index contributed by atoms with van der Waals surface area (Å²) in [6.45, 7) is 1.03. The van der Waals surface area contributed by atoms with E-state index in [2.05, 4.69) is 25.5 Å². The van der Waals surface area contributed by atoms with Gasteiger partial charge in [-0.3, -0.25) is 14.5 Å². The maximum atomic E-state index is 13.3. The molecule has 31 heavy (non-hydrogen) atoms. The topological polar surface area (TPSA) is 122 Å². The molecule has 1 atom stereocenters. The number of aromatic nitrogens is 4. The number of carbonyl (C=O) groups excluding carboxylic acids is 1. The van der Waals surface area contributed by atoms with Crippen molar-refractivity contribution in [3.63, 3.8) is 0 Å². The number of aliphatic carboxylic acids is 1. The van der Waals surface area contributed by atoms with Crippen molar-refractivity contribution in [2.45, 2.75) is 63.2 Å². The smallest absolute Gasteiger partial charge is 0.325 e. The van der Waals surface area contributed by atoms with E-state index in [0.29, 0.717) is 18.1 Å². The zero-order valence-corrected chi connectivity index (χ0v) is 17.7. The standard InChI is InChI=1S/C21H28N6O4/c1-31-18-7-6-15(11-22-18)21(8-4-9-21)23-20(30)17-5-2-3-10-26(17)12-16-13-27(25-24-16)14-19(28)29/h6-7,11,13,17H,2-5,8-10,12,14H2,1H3,(H,23,30)(H,28,29). The van der Waals surface area contributed by atoms with E-state index >= 15 is 0 Å². The Morgan fingerprint density at radius 1 is 1.29 bits per heavy atom. The van der Waals surface area contributed by atoms with Gasteiger partial charge >= 0.3 is 5.97 Å². The number of hydrogen-bond acceptors (Lipinski definition) is 7. The molecule has 2 aliphatic rings. The molecule has 1 amide bonds. The molecule has 2 N–H and O–H groups in total. The van der Waals surface area contributed by atoms with Crippen molar-refractivity contribution < 1.29 is 19.4 Å². The summed E-state index contributed by atoms with van der Waals surface area (Å²) in [5.41, 5.74) is 1.30. The van der Waals surface area contributed by atoms with Gasteiger partial charge in [0.15, 0.2) is 0 Å². The van der Waals surface area contributed by atoms with Gasteiger partial charge in [-0.15, -0.1) is 5.10 Å². The molecule has 3 heterocycles. The number of methoxy groups -OCH3 is 1. The summed E-state index contributed by atoms with van der Waals surface area (Å²) in [5.74, 6) is -0.391. The van der Waals surface area contributed by atoms with Gasteiger partial charge in [-0.25, -0.2) is 9.67 Å². The number of nitrogens with one attached hydrogen (secondary N) is 1. The summed E-state index contributed by atoms with van der Waals surface area (Å²) >= 11 is 0. The Hall–Kier alpha value is -3.01. The van der Waals surface area contributed by atoms with Crippen LogP contribution in [0.25, 0.3) is 0 Å². The van der Waals surface area contributed by atoms with Gasteiger partial charge in [-0.2, -0.15) is 0 Å². The maximum absolute atomic E-state index is 13.3. The molecule has 0 bridgehead atoms. The molecular formula is C21H28N6O4. The lowest BCUT2D eigenvalue weighted by Gasteiger charge is -2.45. The van der Waals surface area contributed by atoms with Crippen LogP contribution in [0.5, 0.6) is 5.88 Å². The molecule has 1 saturated carbocycles. The molecule has 4 rings (SSSR count). The Morgan fingerprint density at radius 3 is 2.77 bits per heavy atom. The number of amides is 1. The second-order valence-corrected chi connectivity index (χ2v) is 8.30. The number of pyridine rings is 1. The van der Waals surface area contributed by atoms with Crippen LogP contribution < -0.4 is 10.1 Å². The second-order valence-electron chi connectivity index (χ2n) is 8.30. The van der Waals surface area contributed by atoms with Crippen molar-refractivity contribution in [2.75, 3.05) is 13.7 Å². The SMILES string of the molecule is COc1ccc(C2(NC(=O)C3CCCCN3Cc3cn(CC(=O)O)nn3)CCC2)cn1. The summed E-state index contributed by atoms with van der Waals surface area (Å²) in [5, 5.41) is 20.2. The van der Waals surface area contributed by atoms with Crippen molar-refractivity contribution >= 4 is 11.9 Å². The molecule has 2 fully saturated rings. The van der Waals surface area contributed by atoms with Crippen LogP contribution in [-0.4, -0.2) is 61.6 Å². The highest BCUT2D eigenvalue weighted by atomic mass is 16.5. The lowest BCUT2D eigenvalue weighted by Crippen LogP contribution is -2.57. The number of carboxylic acid groups (broad SMARTS) is 1. The molecule has 2 aromatic heterocycles. The van der Waals surface area contributed by atoms with Gasteiger partial charge in [-0.05, 0) is 50.3 Å². The Labute approximate surface area is 180 Å². The molecule has 1 aliphatic heterocycles. The first-order chi connectivity index (χ1) is 15.0. The number of hydrogen-bond donors (Lipinski definition) is 2. The fourth-order valence-corrected chi connectivity index (χ4v) is 4.43. The molecule has 0 aromatic carbocycles. The lowest BCUT2D eigenvalue weighted by atomic mass is 9.72. The Kier molecular flexibility index (Phi) is 6.17. The van der Waals surface area contributed by atoms with Crippen molar-refractivity contribution in [1.82, 2.24) is 30.2 Å². The third-order valence-electron chi connectivity index (χ3n) is 6.23. The molecule has 10 heteroatoms. The summed E-state index contributed by atoms with van der Waals surface area (Å²) < 4.78 is 6.46. The molecule has 1 unspecified atom stereocenters. The molecule has 1 aliphatic carbocycles. The van der Waals surface area contributed by atoms with E-state index < -0.39 is 5.97 Å². The number of nitrogens with zero attached hydrogens (tertiary/aromatic N) is 5. The zero-order valence-electron chi connectivity index (χ0n) is 17.7. The minimum atomic E-state index is -0.967. The number of ether oxygens (including phenoxy) is 1. The summed E-state index contributed by atoms with van der Waals surface area (Å²) in [6, 6.07) is 3.56. The minimum absolute atomic E-state index is 0.0214. The van der Waals surface area contributed by atoms with E-state index in [1.165, 1.54) is 4.68 Å². The van der Waals surface area contributed by atoms with Gasteiger partial charge in [-0.1, -0.05) is 11.6 Å². The monoisotopic (exact) mass is 428 g/mol. The van der Waals surface area contributed by atoms with Crippen LogP contribution in [0.3, 0.4) is 0 Å². The van der Waals surface area contributed by atoms with E-state index in [1.54, 1.807) is 19.5 Å². The van der Waals surface area contributed by atoms with Gasteiger partial charge in [0.2, 0.25) is 11.8 Å². The summed E-state index contributed by atoms with van der Waals surface area (Å²) in [6.07, 6.45) is 9.06. The highest BCUT2D eigenvalue weighted by Crippen LogP contribution is 2.41. The van der Waals surface area contributed by atoms with Crippen LogP contribution in [0.1, 0.15) is 49.8 Å². The van der Waals surface area contributed by atoms with Crippen LogP contribution in [-0.2, 0) is 28.2 Å². The molecule has 0 spiro atoms. The minimum Gasteiger partial charge on any atom is -0.481 e.